The van der Waals surface area contributed by atoms with Crippen molar-refractivity contribution in [2.45, 2.75) is 19.5 Å². The number of nitrogens with zero attached hydrogens (tertiary/aromatic N) is 2. The molecule has 1 amide bonds. The van der Waals surface area contributed by atoms with Gasteiger partial charge in [0, 0.05) is 30.1 Å². The molecule has 2 aromatic carbocycles. The zero-order valence-electron chi connectivity index (χ0n) is 14.8. The number of ether oxygens (including phenoxy) is 2. The summed E-state index contributed by atoms with van der Waals surface area (Å²) in [6.45, 7) is 1.84. The first kappa shape index (κ1) is 17.0. The molecule has 0 fully saturated rings. The summed E-state index contributed by atoms with van der Waals surface area (Å²) in [4.78, 5) is 12.4. The van der Waals surface area contributed by atoms with Gasteiger partial charge in [0.05, 0.1) is 18.8 Å². The van der Waals surface area contributed by atoms with Crippen molar-refractivity contribution < 1.29 is 14.3 Å². The predicted octanol–water partition coefficient (Wildman–Crippen LogP) is 2.99. The SMILES string of the molecule is N#Cc1cn(CC(=O)NCc2ccc3c(c2)OCCCO3)c2ccccc12. The summed E-state index contributed by atoms with van der Waals surface area (Å²) in [6, 6.07) is 15.5. The molecule has 0 unspecified atom stereocenters. The fraction of sp³-hybridized carbons (Fsp3) is 0.238. The molecule has 0 aliphatic carbocycles. The number of nitriles is 1. The number of benzene rings is 2. The molecule has 2 heterocycles. The minimum atomic E-state index is -0.118. The summed E-state index contributed by atoms with van der Waals surface area (Å²) >= 11 is 0. The van der Waals surface area contributed by atoms with E-state index in [1.165, 1.54) is 0 Å². The molecular weight excluding hydrogens is 342 g/mol. The summed E-state index contributed by atoms with van der Waals surface area (Å²) in [6.07, 6.45) is 2.58. The van der Waals surface area contributed by atoms with Gasteiger partial charge in [-0.15, -0.1) is 0 Å². The van der Waals surface area contributed by atoms with Crippen molar-refractivity contribution >= 4 is 16.8 Å². The number of nitrogens with one attached hydrogen (secondary N) is 1. The number of rotatable bonds is 4. The van der Waals surface area contributed by atoms with Crippen molar-refractivity contribution in [3.05, 3.63) is 59.8 Å². The quantitative estimate of drug-likeness (QED) is 0.775. The van der Waals surface area contributed by atoms with Crippen LogP contribution in [0, 0.1) is 11.3 Å². The number of amides is 1. The van der Waals surface area contributed by atoms with Crippen molar-refractivity contribution in [3.8, 4) is 17.6 Å². The van der Waals surface area contributed by atoms with E-state index in [1.807, 2.05) is 42.5 Å². The Morgan fingerprint density at radius 3 is 2.81 bits per heavy atom. The fourth-order valence-electron chi connectivity index (χ4n) is 3.20. The zero-order chi connectivity index (χ0) is 18.6. The minimum absolute atomic E-state index is 0.118. The molecule has 0 radical (unpaired) electrons. The smallest absolute Gasteiger partial charge is 0.240 e. The first-order chi connectivity index (χ1) is 13.2. The van der Waals surface area contributed by atoms with Crippen molar-refractivity contribution in [2.24, 2.45) is 0 Å². The van der Waals surface area contributed by atoms with Gasteiger partial charge in [0.25, 0.3) is 0 Å². The monoisotopic (exact) mass is 361 g/mol. The van der Waals surface area contributed by atoms with E-state index in [1.54, 1.807) is 10.8 Å². The van der Waals surface area contributed by atoms with Gasteiger partial charge in [-0.3, -0.25) is 4.79 Å². The molecule has 0 saturated heterocycles. The molecule has 1 aliphatic heterocycles. The van der Waals surface area contributed by atoms with Crippen LogP contribution >= 0.6 is 0 Å². The van der Waals surface area contributed by atoms with Gasteiger partial charge in [-0.1, -0.05) is 24.3 Å². The van der Waals surface area contributed by atoms with Gasteiger partial charge in [-0.05, 0) is 23.8 Å². The van der Waals surface area contributed by atoms with Gasteiger partial charge < -0.3 is 19.4 Å². The van der Waals surface area contributed by atoms with Gasteiger partial charge in [0.15, 0.2) is 11.5 Å². The highest BCUT2D eigenvalue weighted by molar-refractivity contribution is 5.88. The molecule has 6 nitrogen and oxygen atoms in total. The highest BCUT2D eigenvalue weighted by atomic mass is 16.5. The molecule has 0 atom stereocenters. The minimum Gasteiger partial charge on any atom is -0.490 e. The second kappa shape index (κ2) is 7.42. The molecule has 1 aromatic heterocycles. The summed E-state index contributed by atoms with van der Waals surface area (Å²) in [5, 5.41) is 13.0. The van der Waals surface area contributed by atoms with Crippen LogP contribution in [0.1, 0.15) is 17.5 Å². The third kappa shape index (κ3) is 3.58. The van der Waals surface area contributed by atoms with E-state index < -0.39 is 0 Å². The standard InChI is InChI=1S/C21H19N3O3/c22-11-16-13-24(18-5-2-1-4-17(16)18)14-21(25)23-12-15-6-7-19-20(10-15)27-9-3-8-26-19/h1-2,4-7,10,13H,3,8-9,12,14H2,(H,23,25). The van der Waals surface area contributed by atoms with Crippen LogP contribution in [0.4, 0.5) is 0 Å². The summed E-state index contributed by atoms with van der Waals surface area (Å²) in [5.41, 5.74) is 2.39. The number of fused-ring (bicyclic) bond motifs is 2. The largest absolute Gasteiger partial charge is 0.490 e. The van der Waals surface area contributed by atoms with Crippen molar-refractivity contribution in [2.75, 3.05) is 13.2 Å². The van der Waals surface area contributed by atoms with Gasteiger partial charge in [-0.25, -0.2) is 0 Å². The number of carbonyl (C=O) groups excluding carboxylic acids is 1. The van der Waals surface area contributed by atoms with E-state index in [2.05, 4.69) is 11.4 Å². The number of hydrogen-bond acceptors (Lipinski definition) is 4. The summed E-state index contributed by atoms with van der Waals surface area (Å²) < 4.78 is 13.1. The van der Waals surface area contributed by atoms with Gasteiger partial charge in [0.1, 0.15) is 12.6 Å². The highest BCUT2D eigenvalue weighted by Gasteiger charge is 2.13. The lowest BCUT2D eigenvalue weighted by molar-refractivity contribution is -0.121. The van der Waals surface area contributed by atoms with Crippen LogP contribution in [0.15, 0.2) is 48.7 Å². The molecule has 4 rings (SSSR count). The second-order valence-electron chi connectivity index (χ2n) is 6.41. The van der Waals surface area contributed by atoms with Crippen LogP contribution in [0.5, 0.6) is 11.5 Å². The molecule has 0 bridgehead atoms. The van der Waals surface area contributed by atoms with E-state index in [9.17, 15) is 10.1 Å². The van der Waals surface area contributed by atoms with Crippen LogP contribution in [0.25, 0.3) is 10.9 Å². The first-order valence-corrected chi connectivity index (χ1v) is 8.88. The Kier molecular flexibility index (Phi) is 4.67. The molecule has 0 saturated carbocycles. The Labute approximate surface area is 156 Å². The molecule has 136 valence electrons. The average Bonchev–Trinajstić information content (AvgIpc) is 2.87. The summed E-state index contributed by atoms with van der Waals surface area (Å²) in [7, 11) is 0. The van der Waals surface area contributed by atoms with E-state index in [0.29, 0.717) is 31.1 Å². The van der Waals surface area contributed by atoms with Crippen molar-refractivity contribution in [3.63, 3.8) is 0 Å². The third-order valence-electron chi connectivity index (χ3n) is 4.52. The van der Waals surface area contributed by atoms with Crippen LogP contribution in [-0.4, -0.2) is 23.7 Å². The topological polar surface area (TPSA) is 76.3 Å². The Morgan fingerprint density at radius 2 is 1.96 bits per heavy atom. The maximum Gasteiger partial charge on any atom is 0.240 e. The van der Waals surface area contributed by atoms with Crippen LogP contribution < -0.4 is 14.8 Å². The lowest BCUT2D eigenvalue weighted by Gasteiger charge is -2.11. The van der Waals surface area contributed by atoms with Crippen molar-refractivity contribution in [1.82, 2.24) is 9.88 Å². The number of hydrogen-bond donors (Lipinski definition) is 1. The predicted molar refractivity (Wildman–Crippen MR) is 101 cm³/mol. The van der Waals surface area contributed by atoms with E-state index in [4.69, 9.17) is 9.47 Å². The maximum absolute atomic E-state index is 12.4. The second-order valence-corrected chi connectivity index (χ2v) is 6.41. The number of aromatic nitrogens is 1. The van der Waals surface area contributed by atoms with Gasteiger partial charge in [-0.2, -0.15) is 5.26 Å². The van der Waals surface area contributed by atoms with Crippen LogP contribution in [-0.2, 0) is 17.9 Å². The van der Waals surface area contributed by atoms with Crippen LogP contribution in [0.3, 0.4) is 0 Å². The highest BCUT2D eigenvalue weighted by Crippen LogP contribution is 2.30. The lowest BCUT2D eigenvalue weighted by atomic mass is 10.2. The maximum atomic E-state index is 12.4. The summed E-state index contributed by atoms with van der Waals surface area (Å²) in [5.74, 6) is 1.34. The number of para-hydroxylation sites is 1. The Hall–Kier alpha value is -3.46. The fourth-order valence-corrected chi connectivity index (χ4v) is 3.20. The van der Waals surface area contributed by atoms with E-state index >= 15 is 0 Å². The Bertz CT molecular complexity index is 1030. The first-order valence-electron chi connectivity index (χ1n) is 8.88. The molecular formula is C21H19N3O3. The molecule has 0 spiro atoms. The van der Waals surface area contributed by atoms with E-state index in [-0.39, 0.29) is 12.5 Å². The van der Waals surface area contributed by atoms with E-state index in [0.717, 1.165) is 28.6 Å². The lowest BCUT2D eigenvalue weighted by Crippen LogP contribution is -2.26. The molecule has 6 heteroatoms. The third-order valence-corrected chi connectivity index (χ3v) is 4.52. The molecule has 3 aromatic rings. The average molecular weight is 361 g/mol. The Morgan fingerprint density at radius 1 is 1.15 bits per heavy atom. The van der Waals surface area contributed by atoms with Gasteiger partial charge in [0.2, 0.25) is 5.91 Å². The Balaban J connectivity index is 1.44. The molecule has 1 N–H and O–H groups in total. The molecule has 1 aliphatic rings. The normalized spacial score (nSPS) is 13.0. The van der Waals surface area contributed by atoms with Gasteiger partial charge >= 0.3 is 0 Å². The van der Waals surface area contributed by atoms with Crippen LogP contribution in [0.2, 0.25) is 0 Å². The van der Waals surface area contributed by atoms with Crippen molar-refractivity contribution in [1.29, 1.82) is 5.26 Å². The zero-order valence-corrected chi connectivity index (χ0v) is 14.8. The molecule has 27 heavy (non-hydrogen) atoms. The number of carbonyl (C=O) groups is 1.